The number of carboxylic acid groups (broad SMARTS) is 1. The van der Waals surface area contributed by atoms with Crippen molar-refractivity contribution in [2.75, 3.05) is 0 Å². The molecule has 0 aliphatic heterocycles. The first-order valence-corrected chi connectivity index (χ1v) is 3.45. The van der Waals surface area contributed by atoms with Crippen molar-refractivity contribution in [3.05, 3.63) is 12.2 Å². The van der Waals surface area contributed by atoms with Crippen LogP contribution in [0.5, 0.6) is 0 Å². The molecule has 0 heterocycles. The number of carboxylic acids is 1. The van der Waals surface area contributed by atoms with Gasteiger partial charge in [0.25, 0.3) is 0 Å². The Balaban J connectivity index is 3.99. The number of carbonyl (C=O) groups excluding carboxylic acids is 1. The maximum Gasteiger partial charge on any atom is 0.331 e. The van der Waals surface area contributed by atoms with Gasteiger partial charge in [-0.3, -0.25) is 0 Å². The minimum absolute atomic E-state index is 0.583. The maximum atomic E-state index is 10.8. The summed E-state index contributed by atoms with van der Waals surface area (Å²) < 4.78 is 4.80. The Morgan fingerprint density at radius 2 is 1.75 bits per heavy atom. The number of carbonyl (C=O) groups is 2. The van der Waals surface area contributed by atoms with Crippen LogP contribution in [0.1, 0.15) is 20.8 Å². The zero-order valence-corrected chi connectivity index (χ0v) is 7.33. The summed E-state index contributed by atoms with van der Waals surface area (Å²) in [5.41, 5.74) is -0.583. The molecule has 0 aromatic rings. The summed E-state index contributed by atoms with van der Waals surface area (Å²) in [5, 5.41) is 8.17. The van der Waals surface area contributed by atoms with Gasteiger partial charge in [-0.25, -0.2) is 9.59 Å². The van der Waals surface area contributed by atoms with Gasteiger partial charge in [-0.15, -0.1) is 0 Å². The summed E-state index contributed by atoms with van der Waals surface area (Å²) in [4.78, 5) is 20.8. The van der Waals surface area contributed by atoms with Gasteiger partial charge in [0.2, 0.25) is 0 Å². The molecular formula is C8H12O4. The second-order valence-electron chi connectivity index (χ2n) is 3.21. The Hall–Kier alpha value is -1.32. The average molecular weight is 172 g/mol. The van der Waals surface area contributed by atoms with Crippen LogP contribution in [0.15, 0.2) is 12.2 Å². The molecule has 0 amide bonds. The van der Waals surface area contributed by atoms with Gasteiger partial charge in [-0.1, -0.05) is 0 Å². The first-order chi connectivity index (χ1) is 5.31. The van der Waals surface area contributed by atoms with Crippen molar-refractivity contribution in [2.45, 2.75) is 26.4 Å². The summed E-state index contributed by atoms with van der Waals surface area (Å²) in [5.74, 6) is -1.81. The fourth-order valence-electron chi connectivity index (χ4n) is 0.475. The third kappa shape index (κ3) is 6.80. The zero-order chi connectivity index (χ0) is 9.78. The molecule has 0 bridgehead atoms. The van der Waals surface area contributed by atoms with Gasteiger partial charge < -0.3 is 9.84 Å². The molecule has 0 atom stereocenters. The fourth-order valence-corrected chi connectivity index (χ4v) is 0.475. The molecule has 4 heteroatoms. The highest BCUT2D eigenvalue weighted by atomic mass is 16.6. The fraction of sp³-hybridized carbons (Fsp3) is 0.500. The van der Waals surface area contributed by atoms with Crippen molar-refractivity contribution in [3.8, 4) is 0 Å². The quantitative estimate of drug-likeness (QED) is 0.498. The molecule has 0 aromatic carbocycles. The van der Waals surface area contributed by atoms with E-state index in [0.717, 1.165) is 12.2 Å². The summed E-state index contributed by atoms with van der Waals surface area (Å²) in [6.45, 7) is 5.12. The van der Waals surface area contributed by atoms with Crippen molar-refractivity contribution >= 4 is 11.9 Å². The number of esters is 1. The minimum atomic E-state index is -1.17. The largest absolute Gasteiger partial charge is 0.478 e. The molecular weight excluding hydrogens is 160 g/mol. The van der Waals surface area contributed by atoms with Gasteiger partial charge in [-0.2, -0.15) is 0 Å². The van der Waals surface area contributed by atoms with Crippen LogP contribution in [0.4, 0.5) is 0 Å². The molecule has 0 saturated carbocycles. The zero-order valence-electron chi connectivity index (χ0n) is 7.33. The number of ether oxygens (including phenoxy) is 1. The second kappa shape index (κ2) is 3.90. The third-order valence-electron chi connectivity index (χ3n) is 0.769. The van der Waals surface area contributed by atoms with Gasteiger partial charge >= 0.3 is 11.9 Å². The SMILES string of the molecule is CC(C)(C)OC(=O)/C=C\C(=O)O. The number of rotatable bonds is 2. The van der Waals surface area contributed by atoms with Gasteiger partial charge in [-0.05, 0) is 20.8 Å². The van der Waals surface area contributed by atoms with Crippen LogP contribution >= 0.6 is 0 Å². The first-order valence-electron chi connectivity index (χ1n) is 3.45. The molecule has 1 N–H and O–H groups in total. The van der Waals surface area contributed by atoms with Crippen LogP contribution in [0.3, 0.4) is 0 Å². The Morgan fingerprint density at radius 3 is 2.08 bits per heavy atom. The molecule has 0 aliphatic carbocycles. The van der Waals surface area contributed by atoms with E-state index < -0.39 is 17.5 Å². The van der Waals surface area contributed by atoms with Crippen LogP contribution < -0.4 is 0 Å². The molecule has 4 nitrogen and oxygen atoms in total. The molecule has 0 unspecified atom stereocenters. The standard InChI is InChI=1S/C8H12O4/c1-8(2,3)12-7(11)5-4-6(9)10/h4-5H,1-3H3,(H,9,10)/b5-4-. The molecule has 0 aromatic heterocycles. The summed E-state index contributed by atoms with van der Waals surface area (Å²) >= 11 is 0. The van der Waals surface area contributed by atoms with Crippen LogP contribution in [-0.2, 0) is 14.3 Å². The van der Waals surface area contributed by atoms with Crippen LogP contribution in [-0.4, -0.2) is 22.6 Å². The van der Waals surface area contributed by atoms with Crippen molar-refractivity contribution in [2.24, 2.45) is 0 Å². The van der Waals surface area contributed by atoms with Crippen molar-refractivity contribution in [1.82, 2.24) is 0 Å². The summed E-state index contributed by atoms with van der Waals surface area (Å²) in [6, 6.07) is 0. The van der Waals surface area contributed by atoms with E-state index in [9.17, 15) is 9.59 Å². The maximum absolute atomic E-state index is 10.8. The van der Waals surface area contributed by atoms with E-state index in [1.54, 1.807) is 20.8 Å². The predicted octanol–water partition coefficient (Wildman–Crippen LogP) is 0.969. The Morgan fingerprint density at radius 1 is 1.25 bits per heavy atom. The van der Waals surface area contributed by atoms with Gasteiger partial charge in [0.05, 0.1) is 0 Å². The Bertz CT molecular complexity index is 210. The highest BCUT2D eigenvalue weighted by Gasteiger charge is 2.13. The lowest BCUT2D eigenvalue weighted by atomic mass is 10.2. The lowest BCUT2D eigenvalue weighted by Gasteiger charge is -2.17. The molecule has 0 fully saturated rings. The number of hydrogen-bond donors (Lipinski definition) is 1. The molecule has 0 rings (SSSR count). The van der Waals surface area contributed by atoms with Crippen LogP contribution in [0.25, 0.3) is 0 Å². The molecule has 0 spiro atoms. The molecule has 0 radical (unpaired) electrons. The third-order valence-corrected chi connectivity index (χ3v) is 0.769. The lowest BCUT2D eigenvalue weighted by molar-refractivity contribution is -0.148. The van der Waals surface area contributed by atoms with Gasteiger partial charge in [0.15, 0.2) is 0 Å². The topological polar surface area (TPSA) is 63.6 Å². The highest BCUT2D eigenvalue weighted by molar-refractivity contribution is 5.90. The predicted molar refractivity (Wildman–Crippen MR) is 42.6 cm³/mol. The second-order valence-corrected chi connectivity index (χ2v) is 3.21. The minimum Gasteiger partial charge on any atom is -0.478 e. The smallest absolute Gasteiger partial charge is 0.331 e. The highest BCUT2D eigenvalue weighted by Crippen LogP contribution is 2.06. The van der Waals surface area contributed by atoms with Crippen LogP contribution in [0.2, 0.25) is 0 Å². The Kier molecular flexibility index (Phi) is 3.47. The van der Waals surface area contributed by atoms with E-state index in [-0.39, 0.29) is 0 Å². The first kappa shape index (κ1) is 10.7. The van der Waals surface area contributed by atoms with E-state index in [4.69, 9.17) is 9.84 Å². The van der Waals surface area contributed by atoms with Crippen LogP contribution in [0, 0.1) is 0 Å². The van der Waals surface area contributed by atoms with E-state index in [1.807, 2.05) is 0 Å². The van der Waals surface area contributed by atoms with Crippen molar-refractivity contribution in [1.29, 1.82) is 0 Å². The average Bonchev–Trinajstić information content (AvgIpc) is 1.79. The molecule has 68 valence electrons. The number of aliphatic carboxylic acids is 1. The van der Waals surface area contributed by atoms with E-state index in [0.29, 0.717) is 0 Å². The van der Waals surface area contributed by atoms with E-state index in [1.165, 1.54) is 0 Å². The molecule has 12 heavy (non-hydrogen) atoms. The summed E-state index contributed by atoms with van der Waals surface area (Å²) in [7, 11) is 0. The van der Waals surface area contributed by atoms with Gasteiger partial charge in [0, 0.05) is 12.2 Å². The monoisotopic (exact) mass is 172 g/mol. The lowest BCUT2D eigenvalue weighted by Crippen LogP contribution is -2.22. The van der Waals surface area contributed by atoms with Crippen molar-refractivity contribution in [3.63, 3.8) is 0 Å². The Labute approximate surface area is 70.8 Å². The van der Waals surface area contributed by atoms with Gasteiger partial charge in [0.1, 0.15) is 5.60 Å². The number of hydrogen-bond acceptors (Lipinski definition) is 3. The molecule has 0 aliphatic rings. The van der Waals surface area contributed by atoms with Crippen molar-refractivity contribution < 1.29 is 19.4 Å². The normalized spacial score (nSPS) is 11.6. The molecule has 0 saturated heterocycles. The van der Waals surface area contributed by atoms with E-state index >= 15 is 0 Å². The summed E-state index contributed by atoms with van der Waals surface area (Å²) in [6.07, 6.45) is 1.63. The van der Waals surface area contributed by atoms with E-state index in [2.05, 4.69) is 0 Å².